The Balaban J connectivity index is 1.88. The molecule has 0 N–H and O–H groups in total. The molecule has 0 bridgehead atoms. The van der Waals surface area contributed by atoms with Crippen molar-refractivity contribution >= 4 is 0 Å². The van der Waals surface area contributed by atoms with Crippen molar-refractivity contribution in [1.82, 2.24) is 10.1 Å². The van der Waals surface area contributed by atoms with E-state index in [4.69, 9.17) is 4.52 Å². The lowest BCUT2D eigenvalue weighted by molar-refractivity contribution is 0.321. The van der Waals surface area contributed by atoms with E-state index in [2.05, 4.69) is 10.1 Å². The van der Waals surface area contributed by atoms with Gasteiger partial charge < -0.3 is 4.52 Å². The van der Waals surface area contributed by atoms with E-state index >= 15 is 0 Å². The lowest BCUT2D eigenvalue weighted by atomic mass is 9.97. The monoisotopic (exact) mass is 296 g/mol. The third-order valence-electron chi connectivity index (χ3n) is 3.39. The van der Waals surface area contributed by atoms with Crippen molar-refractivity contribution in [3.8, 4) is 22.5 Å². The average molecular weight is 296 g/mol. The molecule has 0 spiro atoms. The fourth-order valence-electron chi connectivity index (χ4n) is 2.10. The smallest absolute Gasteiger partial charge is 0.232 e. The van der Waals surface area contributed by atoms with Crippen molar-refractivity contribution in [3.05, 3.63) is 60.2 Å². The molecule has 112 valence electrons. The van der Waals surface area contributed by atoms with Crippen LogP contribution in [0, 0.1) is 5.82 Å². The molecule has 1 heterocycles. The number of hydrogen-bond donors (Lipinski definition) is 0. The Kier molecular flexibility index (Phi) is 3.53. The van der Waals surface area contributed by atoms with Crippen molar-refractivity contribution in [3.63, 3.8) is 0 Å². The highest BCUT2D eigenvalue weighted by Gasteiger charge is 2.22. The Hall–Kier alpha value is -2.49. The summed E-state index contributed by atoms with van der Waals surface area (Å²) in [4.78, 5) is 4.44. The molecule has 3 rings (SSSR count). The van der Waals surface area contributed by atoms with Crippen LogP contribution in [0.4, 0.5) is 4.39 Å². The van der Waals surface area contributed by atoms with Crippen LogP contribution in [-0.4, -0.2) is 10.1 Å². The molecular weight excluding hydrogens is 279 g/mol. The molecule has 3 aromatic rings. The summed E-state index contributed by atoms with van der Waals surface area (Å²) in [6, 6.07) is 14.3. The summed E-state index contributed by atoms with van der Waals surface area (Å²) >= 11 is 0. The van der Waals surface area contributed by atoms with E-state index in [0.717, 1.165) is 16.7 Å². The van der Waals surface area contributed by atoms with Gasteiger partial charge in [-0.05, 0) is 23.3 Å². The lowest BCUT2D eigenvalue weighted by Gasteiger charge is -2.10. The first kappa shape index (κ1) is 14.4. The number of aromatic nitrogens is 2. The second kappa shape index (κ2) is 5.37. The van der Waals surface area contributed by atoms with Crippen LogP contribution in [0.1, 0.15) is 26.7 Å². The quantitative estimate of drug-likeness (QED) is 0.679. The van der Waals surface area contributed by atoms with Crippen molar-refractivity contribution in [1.29, 1.82) is 0 Å². The molecule has 0 amide bonds. The predicted molar refractivity (Wildman–Crippen MR) is 83.8 cm³/mol. The minimum Gasteiger partial charge on any atom is -0.338 e. The molecule has 0 radical (unpaired) electrons. The molecule has 4 heteroatoms. The highest BCUT2D eigenvalue weighted by molar-refractivity contribution is 5.67. The Morgan fingerprint density at radius 2 is 1.32 bits per heavy atom. The topological polar surface area (TPSA) is 38.9 Å². The maximum atomic E-state index is 13.0. The molecule has 0 unspecified atom stereocenters. The molecule has 2 aromatic carbocycles. The third-order valence-corrected chi connectivity index (χ3v) is 3.39. The Morgan fingerprint density at radius 1 is 0.818 bits per heavy atom. The van der Waals surface area contributed by atoms with Gasteiger partial charge in [0.2, 0.25) is 11.7 Å². The van der Waals surface area contributed by atoms with E-state index in [-0.39, 0.29) is 11.2 Å². The summed E-state index contributed by atoms with van der Waals surface area (Å²) in [5.41, 5.74) is 2.71. The van der Waals surface area contributed by atoms with Gasteiger partial charge in [0, 0.05) is 11.0 Å². The van der Waals surface area contributed by atoms with E-state index in [1.165, 1.54) is 12.1 Å². The number of halogens is 1. The molecule has 0 aliphatic rings. The van der Waals surface area contributed by atoms with Gasteiger partial charge in [0.05, 0.1) is 0 Å². The minimum atomic E-state index is -0.234. The van der Waals surface area contributed by atoms with E-state index in [0.29, 0.717) is 11.7 Å². The fraction of sp³-hybridized carbons (Fsp3) is 0.222. The van der Waals surface area contributed by atoms with Crippen LogP contribution in [0.5, 0.6) is 0 Å². The van der Waals surface area contributed by atoms with Gasteiger partial charge in [0.25, 0.3) is 0 Å². The standard InChI is InChI=1S/C18H17FN2O/c1-18(2,3)17-20-16(21-22-17)14-6-4-12(5-7-14)13-8-10-15(19)11-9-13/h4-11H,1-3H3. The van der Waals surface area contributed by atoms with E-state index in [1.54, 1.807) is 12.1 Å². The molecule has 0 saturated carbocycles. The Bertz CT molecular complexity index is 768. The SMILES string of the molecule is CC(C)(C)c1nc(-c2ccc(-c3ccc(F)cc3)cc2)no1. The summed E-state index contributed by atoms with van der Waals surface area (Å²) in [5, 5.41) is 4.03. The van der Waals surface area contributed by atoms with Gasteiger partial charge in [-0.1, -0.05) is 62.3 Å². The van der Waals surface area contributed by atoms with Crippen LogP contribution in [0.25, 0.3) is 22.5 Å². The van der Waals surface area contributed by atoms with Crippen LogP contribution < -0.4 is 0 Å². The summed E-state index contributed by atoms with van der Waals surface area (Å²) in [6.45, 7) is 6.09. The van der Waals surface area contributed by atoms with Gasteiger partial charge >= 0.3 is 0 Å². The average Bonchev–Trinajstić information content (AvgIpc) is 2.98. The predicted octanol–water partition coefficient (Wildman–Crippen LogP) is 4.84. The van der Waals surface area contributed by atoms with Crippen LogP contribution in [-0.2, 0) is 5.41 Å². The molecule has 22 heavy (non-hydrogen) atoms. The van der Waals surface area contributed by atoms with Gasteiger partial charge in [-0.25, -0.2) is 4.39 Å². The first-order valence-electron chi connectivity index (χ1n) is 7.14. The van der Waals surface area contributed by atoms with Gasteiger partial charge in [-0.15, -0.1) is 0 Å². The maximum absolute atomic E-state index is 13.0. The van der Waals surface area contributed by atoms with Crippen molar-refractivity contribution in [2.45, 2.75) is 26.2 Å². The molecule has 0 aliphatic heterocycles. The van der Waals surface area contributed by atoms with Gasteiger partial charge in [-0.3, -0.25) is 0 Å². The van der Waals surface area contributed by atoms with Crippen LogP contribution in [0.3, 0.4) is 0 Å². The molecule has 0 saturated heterocycles. The van der Waals surface area contributed by atoms with Gasteiger partial charge in [0.15, 0.2) is 0 Å². The summed E-state index contributed by atoms with van der Waals surface area (Å²) in [7, 11) is 0. The number of nitrogens with zero attached hydrogens (tertiary/aromatic N) is 2. The first-order chi connectivity index (χ1) is 10.4. The van der Waals surface area contributed by atoms with E-state index in [1.807, 2.05) is 45.0 Å². The highest BCUT2D eigenvalue weighted by Crippen LogP contribution is 2.26. The largest absolute Gasteiger partial charge is 0.338 e. The highest BCUT2D eigenvalue weighted by atomic mass is 19.1. The summed E-state index contributed by atoms with van der Waals surface area (Å²) in [6.07, 6.45) is 0. The zero-order chi connectivity index (χ0) is 15.7. The Labute approximate surface area is 128 Å². The molecular formula is C18H17FN2O. The zero-order valence-electron chi connectivity index (χ0n) is 12.8. The van der Waals surface area contributed by atoms with Crippen LogP contribution >= 0.6 is 0 Å². The fourth-order valence-corrected chi connectivity index (χ4v) is 2.10. The normalized spacial score (nSPS) is 11.6. The van der Waals surface area contributed by atoms with Crippen molar-refractivity contribution < 1.29 is 8.91 Å². The van der Waals surface area contributed by atoms with E-state index < -0.39 is 0 Å². The Morgan fingerprint density at radius 3 is 1.82 bits per heavy atom. The number of hydrogen-bond acceptors (Lipinski definition) is 3. The van der Waals surface area contributed by atoms with Crippen LogP contribution in [0.2, 0.25) is 0 Å². The second-order valence-corrected chi connectivity index (χ2v) is 6.26. The van der Waals surface area contributed by atoms with Gasteiger partial charge in [-0.2, -0.15) is 4.98 Å². The second-order valence-electron chi connectivity index (χ2n) is 6.26. The molecule has 3 nitrogen and oxygen atoms in total. The first-order valence-corrected chi connectivity index (χ1v) is 7.14. The van der Waals surface area contributed by atoms with Crippen molar-refractivity contribution in [2.24, 2.45) is 0 Å². The summed E-state index contributed by atoms with van der Waals surface area (Å²) < 4.78 is 18.3. The lowest BCUT2D eigenvalue weighted by Crippen LogP contribution is -2.11. The number of benzene rings is 2. The van der Waals surface area contributed by atoms with Crippen LogP contribution in [0.15, 0.2) is 53.1 Å². The van der Waals surface area contributed by atoms with Gasteiger partial charge in [0.1, 0.15) is 5.82 Å². The van der Waals surface area contributed by atoms with Crippen molar-refractivity contribution in [2.75, 3.05) is 0 Å². The molecule has 1 aromatic heterocycles. The molecule has 0 atom stereocenters. The minimum absolute atomic E-state index is 0.167. The zero-order valence-corrected chi connectivity index (χ0v) is 12.8. The number of rotatable bonds is 2. The van der Waals surface area contributed by atoms with E-state index in [9.17, 15) is 4.39 Å². The maximum Gasteiger partial charge on any atom is 0.232 e. The molecule has 0 aliphatic carbocycles. The summed E-state index contributed by atoms with van der Waals surface area (Å²) in [5.74, 6) is 0.961. The third kappa shape index (κ3) is 2.91. The molecule has 0 fully saturated rings.